The smallest absolute Gasteiger partial charge is 0.274 e. The van der Waals surface area contributed by atoms with Gasteiger partial charge in [0.25, 0.3) is 5.91 Å². The summed E-state index contributed by atoms with van der Waals surface area (Å²) >= 11 is 0. The fourth-order valence-electron chi connectivity index (χ4n) is 3.31. The van der Waals surface area contributed by atoms with Crippen LogP contribution in [-0.4, -0.2) is 33.5 Å². The maximum absolute atomic E-state index is 12.6. The summed E-state index contributed by atoms with van der Waals surface area (Å²) in [5.41, 5.74) is 10.0. The summed E-state index contributed by atoms with van der Waals surface area (Å²) in [6.07, 6.45) is 2.25. The summed E-state index contributed by atoms with van der Waals surface area (Å²) in [6, 6.07) is 18.3. The van der Waals surface area contributed by atoms with Crippen molar-refractivity contribution < 1.29 is 4.79 Å². The van der Waals surface area contributed by atoms with Gasteiger partial charge in [0.2, 0.25) is 0 Å². The molecule has 0 bridgehead atoms. The largest absolute Gasteiger partial charge is 0.346 e. The molecule has 1 heterocycles. The molecule has 1 atom stereocenters. The van der Waals surface area contributed by atoms with Crippen molar-refractivity contribution in [3.63, 3.8) is 0 Å². The topological polar surface area (TPSA) is 85.8 Å². The minimum Gasteiger partial charge on any atom is -0.346 e. The molecule has 1 saturated carbocycles. The van der Waals surface area contributed by atoms with E-state index < -0.39 is 0 Å². The molecule has 7 heteroatoms. The first kappa shape index (κ1) is 20.0. The van der Waals surface area contributed by atoms with Crippen molar-refractivity contribution in [2.24, 2.45) is 11.7 Å². The van der Waals surface area contributed by atoms with Crippen molar-refractivity contribution in [2.45, 2.75) is 25.8 Å². The molecular weight excluding hydrogens is 374 g/mol. The molecule has 28 heavy (non-hydrogen) atoms. The second kappa shape index (κ2) is 8.54. The van der Waals surface area contributed by atoms with Gasteiger partial charge in [-0.05, 0) is 48.9 Å². The number of hydrogen-bond acceptors (Lipinski definition) is 4. The van der Waals surface area contributed by atoms with E-state index in [0.29, 0.717) is 23.9 Å². The molecule has 0 radical (unpaired) electrons. The number of hydrogen-bond donors (Lipinski definition) is 2. The molecule has 2 aromatic carbocycles. The fraction of sp³-hybridized carbons (Fsp3) is 0.286. The molecule has 1 amide bonds. The Kier molecular flexibility index (Phi) is 6.11. The van der Waals surface area contributed by atoms with Gasteiger partial charge in [-0.1, -0.05) is 47.7 Å². The van der Waals surface area contributed by atoms with Gasteiger partial charge in [-0.3, -0.25) is 4.79 Å². The van der Waals surface area contributed by atoms with Crippen LogP contribution in [0.5, 0.6) is 0 Å². The lowest BCUT2D eigenvalue weighted by Gasteiger charge is -2.15. The molecule has 146 valence electrons. The highest BCUT2D eigenvalue weighted by Crippen LogP contribution is 2.32. The number of nitrogens with zero attached hydrogens (tertiary/aromatic N) is 3. The average molecular weight is 398 g/mol. The number of carbonyl (C=O) groups is 1. The van der Waals surface area contributed by atoms with E-state index in [-0.39, 0.29) is 24.4 Å². The van der Waals surface area contributed by atoms with E-state index in [4.69, 9.17) is 5.73 Å². The molecule has 1 aliphatic carbocycles. The van der Waals surface area contributed by atoms with Gasteiger partial charge in [0.15, 0.2) is 5.69 Å². The Morgan fingerprint density at radius 3 is 2.39 bits per heavy atom. The van der Waals surface area contributed by atoms with Crippen molar-refractivity contribution in [3.8, 4) is 16.8 Å². The van der Waals surface area contributed by atoms with Crippen LogP contribution in [0.25, 0.3) is 16.8 Å². The molecule has 6 nitrogen and oxygen atoms in total. The number of carbonyl (C=O) groups excluding carboxylic acids is 1. The third-order valence-electron chi connectivity index (χ3n) is 5.09. The van der Waals surface area contributed by atoms with Crippen molar-refractivity contribution in [1.29, 1.82) is 0 Å². The highest BCUT2D eigenvalue weighted by atomic mass is 35.5. The molecule has 4 rings (SSSR count). The quantitative estimate of drug-likeness (QED) is 0.669. The van der Waals surface area contributed by atoms with Crippen LogP contribution < -0.4 is 11.1 Å². The zero-order valence-electron chi connectivity index (χ0n) is 15.7. The second-order valence-corrected chi connectivity index (χ2v) is 7.00. The zero-order valence-corrected chi connectivity index (χ0v) is 16.5. The van der Waals surface area contributed by atoms with Crippen molar-refractivity contribution >= 4 is 18.3 Å². The Morgan fingerprint density at radius 1 is 1.14 bits per heavy atom. The maximum atomic E-state index is 12.6. The highest BCUT2D eigenvalue weighted by Gasteiger charge is 2.32. The van der Waals surface area contributed by atoms with Gasteiger partial charge in [0.1, 0.15) is 0 Å². The lowest BCUT2D eigenvalue weighted by atomic mass is 10.1. The van der Waals surface area contributed by atoms with Crippen molar-refractivity contribution in [2.75, 3.05) is 6.54 Å². The molecule has 3 N–H and O–H groups in total. The van der Waals surface area contributed by atoms with Gasteiger partial charge < -0.3 is 11.1 Å². The minimum absolute atomic E-state index is 0. The van der Waals surface area contributed by atoms with Crippen LogP contribution in [0.2, 0.25) is 0 Å². The van der Waals surface area contributed by atoms with Crippen LogP contribution in [0.4, 0.5) is 0 Å². The summed E-state index contributed by atoms with van der Waals surface area (Å²) in [6.45, 7) is 2.30. The molecular formula is C21H24ClN5O. The highest BCUT2D eigenvalue weighted by molar-refractivity contribution is 5.93. The Balaban J connectivity index is 0.00000225. The Hall–Kier alpha value is -2.70. The van der Waals surface area contributed by atoms with Crippen LogP contribution in [-0.2, 0) is 0 Å². The number of benzene rings is 2. The van der Waals surface area contributed by atoms with Gasteiger partial charge >= 0.3 is 0 Å². The number of aromatic nitrogens is 3. The summed E-state index contributed by atoms with van der Waals surface area (Å²) in [4.78, 5) is 12.6. The molecule has 1 aliphatic rings. The first-order valence-electron chi connectivity index (χ1n) is 9.26. The van der Waals surface area contributed by atoms with E-state index in [0.717, 1.165) is 29.7 Å². The van der Waals surface area contributed by atoms with Crippen LogP contribution in [0.3, 0.4) is 0 Å². The predicted molar refractivity (Wildman–Crippen MR) is 112 cm³/mol. The molecule has 1 aromatic heterocycles. The van der Waals surface area contributed by atoms with Crippen LogP contribution in [0, 0.1) is 12.8 Å². The normalized spacial score (nSPS) is 14.2. The molecule has 0 saturated heterocycles. The van der Waals surface area contributed by atoms with E-state index in [2.05, 4.69) is 27.8 Å². The van der Waals surface area contributed by atoms with Crippen LogP contribution >= 0.6 is 12.4 Å². The Morgan fingerprint density at radius 2 is 1.79 bits per heavy atom. The first-order chi connectivity index (χ1) is 13.2. The summed E-state index contributed by atoms with van der Waals surface area (Å²) in [7, 11) is 0. The summed E-state index contributed by atoms with van der Waals surface area (Å²) in [5, 5.41) is 11.3. The minimum atomic E-state index is -0.206. The van der Waals surface area contributed by atoms with Gasteiger partial charge in [-0.25, -0.2) is 4.68 Å². The van der Waals surface area contributed by atoms with Gasteiger partial charge in [-0.2, -0.15) is 0 Å². The monoisotopic (exact) mass is 397 g/mol. The number of nitrogens with one attached hydrogen (secondary N) is 1. The van der Waals surface area contributed by atoms with E-state index in [9.17, 15) is 4.79 Å². The predicted octanol–water partition coefficient (Wildman–Crippen LogP) is 3.13. The summed E-state index contributed by atoms with van der Waals surface area (Å²) in [5.74, 6) is 0.293. The lowest BCUT2D eigenvalue weighted by Crippen LogP contribution is -2.42. The fourth-order valence-corrected chi connectivity index (χ4v) is 3.31. The third-order valence-corrected chi connectivity index (χ3v) is 5.09. The average Bonchev–Trinajstić information content (AvgIpc) is 3.48. The number of rotatable bonds is 6. The van der Waals surface area contributed by atoms with E-state index >= 15 is 0 Å². The van der Waals surface area contributed by atoms with Crippen molar-refractivity contribution in [3.05, 3.63) is 66.0 Å². The number of nitrogens with two attached hydrogens (primary N) is 1. The standard InChI is InChI=1S/C21H23N5O.ClH/c1-14-20(21(27)23-19(13-22)17-7-8-17)24-25-26(14)18-11-9-16(10-12-18)15-5-3-2-4-6-15;/h2-6,9-12,17,19H,7-8,13,22H2,1H3,(H,23,27);1H. The Bertz CT molecular complexity index is 935. The number of amides is 1. The first-order valence-corrected chi connectivity index (χ1v) is 9.26. The van der Waals surface area contributed by atoms with Crippen LogP contribution in [0.1, 0.15) is 29.0 Å². The number of halogens is 1. The van der Waals surface area contributed by atoms with Gasteiger partial charge in [-0.15, -0.1) is 17.5 Å². The SMILES string of the molecule is Cc1c(C(=O)NC(CN)C2CC2)nnn1-c1ccc(-c2ccccc2)cc1.Cl. The second-order valence-electron chi connectivity index (χ2n) is 7.00. The van der Waals surface area contributed by atoms with E-state index in [1.54, 1.807) is 4.68 Å². The molecule has 1 unspecified atom stereocenters. The summed E-state index contributed by atoms with van der Waals surface area (Å²) < 4.78 is 1.69. The van der Waals surface area contributed by atoms with E-state index in [1.807, 2.05) is 49.4 Å². The third kappa shape index (κ3) is 4.08. The lowest BCUT2D eigenvalue weighted by molar-refractivity contribution is 0.0927. The van der Waals surface area contributed by atoms with Crippen LogP contribution in [0.15, 0.2) is 54.6 Å². The Labute approximate surface area is 170 Å². The van der Waals surface area contributed by atoms with Gasteiger partial charge in [0, 0.05) is 12.6 Å². The molecule has 0 aliphatic heterocycles. The molecule has 1 fully saturated rings. The maximum Gasteiger partial charge on any atom is 0.274 e. The van der Waals surface area contributed by atoms with Crippen molar-refractivity contribution in [1.82, 2.24) is 20.3 Å². The van der Waals surface area contributed by atoms with E-state index in [1.165, 1.54) is 0 Å². The molecule has 0 spiro atoms. The van der Waals surface area contributed by atoms with Gasteiger partial charge in [0.05, 0.1) is 11.4 Å². The molecule has 3 aromatic rings. The zero-order chi connectivity index (χ0) is 18.8.